The molecular formula is C51H63ClN11O9P. The number of nitriles is 2. The minimum absolute atomic E-state index is 0.00411. The largest absolute Gasteiger partial charge is 0.475 e. The minimum Gasteiger partial charge on any atom is -0.428 e. The summed E-state index contributed by atoms with van der Waals surface area (Å²) in [6.07, 6.45) is -0.108. The molecule has 6 rings (SSSR count). The highest BCUT2D eigenvalue weighted by Crippen LogP contribution is 2.56. The van der Waals surface area contributed by atoms with Crippen LogP contribution in [0.5, 0.6) is 0 Å². The van der Waals surface area contributed by atoms with Gasteiger partial charge < -0.3 is 25.0 Å². The highest BCUT2D eigenvalue weighted by atomic mass is 35.5. The highest BCUT2D eigenvalue weighted by molar-refractivity contribution is 7.48. The lowest BCUT2D eigenvalue weighted by atomic mass is 9.91. The molecule has 73 heavy (non-hydrogen) atoms. The van der Waals surface area contributed by atoms with E-state index in [4.69, 9.17) is 50.5 Å². The Balaban J connectivity index is 1.40. The molecule has 2 N–H and O–H groups in total. The van der Waals surface area contributed by atoms with E-state index >= 15 is 0 Å². The summed E-state index contributed by atoms with van der Waals surface area (Å²) < 4.78 is 43.4. The monoisotopic (exact) mass is 1040 g/mol. The molecule has 20 nitrogen and oxygen atoms in total. The van der Waals surface area contributed by atoms with Crippen LogP contribution in [-0.2, 0) is 37.2 Å². The van der Waals surface area contributed by atoms with E-state index in [1.807, 2.05) is 82.3 Å². The van der Waals surface area contributed by atoms with E-state index in [1.165, 1.54) is 16.8 Å². The van der Waals surface area contributed by atoms with Crippen LogP contribution in [0.3, 0.4) is 0 Å². The first-order valence-electron chi connectivity index (χ1n) is 23.7. The maximum Gasteiger partial charge on any atom is 0.475 e. The number of fused-ring (bicyclic) bond motifs is 1. The number of piperazine rings is 1. The Bertz CT molecular complexity index is 2850. The molecule has 1 atom stereocenters. The zero-order chi connectivity index (χ0) is 53.5. The fourth-order valence-electron chi connectivity index (χ4n) is 8.07. The molecule has 1 aliphatic rings. The van der Waals surface area contributed by atoms with Crippen LogP contribution < -0.4 is 20.4 Å². The SMILES string of the molecule is CCN(c1nc(N(C(=O)OCOC(=O)CC(C)(C)COP(=O)(OC(C)(C)C)OC(C)(C)C)c2cc(C#N)cc(N3CCN([C@@H](C)C(N)=O)CC3)c2Cl)nn2c(C#N)cnc12)C(c1ccccc1)c1ccccc1. The predicted molar refractivity (Wildman–Crippen MR) is 275 cm³/mol. The fourth-order valence-corrected chi connectivity index (χ4v) is 10.4. The van der Waals surface area contributed by atoms with E-state index < -0.39 is 61.3 Å². The Hall–Kier alpha value is -6.64. The molecule has 0 aliphatic carbocycles. The molecule has 3 heterocycles. The van der Waals surface area contributed by atoms with Crippen molar-refractivity contribution in [3.63, 3.8) is 0 Å². The molecule has 22 heteroatoms. The molecule has 3 aromatic carbocycles. The van der Waals surface area contributed by atoms with E-state index in [1.54, 1.807) is 68.4 Å². The first-order valence-corrected chi connectivity index (χ1v) is 25.5. The van der Waals surface area contributed by atoms with Crippen molar-refractivity contribution in [2.24, 2.45) is 11.1 Å². The van der Waals surface area contributed by atoms with Crippen LogP contribution in [0, 0.1) is 28.1 Å². The summed E-state index contributed by atoms with van der Waals surface area (Å²) in [7, 11) is -4.12. The van der Waals surface area contributed by atoms with Crippen molar-refractivity contribution in [3.8, 4) is 12.1 Å². The van der Waals surface area contributed by atoms with Crippen LogP contribution in [0.15, 0.2) is 79.0 Å². The molecule has 0 spiro atoms. The average molecular weight is 1040 g/mol. The number of halogens is 1. The number of hydrogen-bond donors (Lipinski definition) is 1. The topological polar surface area (TPSA) is 244 Å². The number of phosphoric acid groups is 1. The van der Waals surface area contributed by atoms with Crippen LogP contribution in [0.4, 0.5) is 27.9 Å². The number of rotatable bonds is 19. The number of phosphoric ester groups is 1. The number of amides is 2. The Labute approximate surface area is 431 Å². The van der Waals surface area contributed by atoms with Gasteiger partial charge in [-0.25, -0.2) is 19.2 Å². The molecular weight excluding hydrogens is 977 g/mol. The lowest BCUT2D eigenvalue weighted by molar-refractivity contribution is -0.154. The number of nitrogens with zero attached hydrogens (tertiary/aromatic N) is 10. The summed E-state index contributed by atoms with van der Waals surface area (Å²) in [4.78, 5) is 56.8. The number of carbonyl (C=O) groups is 3. The number of ether oxygens (including phenoxy) is 2. The van der Waals surface area contributed by atoms with Gasteiger partial charge in [0.25, 0.3) is 5.95 Å². The smallest absolute Gasteiger partial charge is 0.428 e. The second-order valence-electron chi connectivity index (χ2n) is 20.1. The van der Waals surface area contributed by atoms with Gasteiger partial charge in [0, 0.05) is 32.7 Å². The Morgan fingerprint density at radius 3 is 1.99 bits per heavy atom. The zero-order valence-corrected chi connectivity index (χ0v) is 44.5. The third-order valence-electron chi connectivity index (χ3n) is 11.4. The number of nitrogens with two attached hydrogens (primary N) is 1. The predicted octanol–water partition coefficient (Wildman–Crippen LogP) is 9.08. The third kappa shape index (κ3) is 14.1. The van der Waals surface area contributed by atoms with Gasteiger partial charge in [-0.15, -0.1) is 5.10 Å². The van der Waals surface area contributed by atoms with Gasteiger partial charge in [-0.3, -0.25) is 28.1 Å². The van der Waals surface area contributed by atoms with Gasteiger partial charge in [0.2, 0.25) is 12.7 Å². The van der Waals surface area contributed by atoms with Crippen LogP contribution in [0.2, 0.25) is 5.02 Å². The molecule has 0 saturated carbocycles. The summed E-state index contributed by atoms with van der Waals surface area (Å²) >= 11 is 7.33. The fraction of sp³-hybridized carbons (Fsp3) is 0.451. The zero-order valence-electron chi connectivity index (χ0n) is 42.9. The Morgan fingerprint density at radius 2 is 1.47 bits per heavy atom. The standard InChI is InChI=1S/C51H63ClN11O9P/c1-11-61(43(36-18-14-12-15-19-36)37-20-16-13-17-21-37)46-45-56-31-38(30-54)63(45)58-47(57-46)62(40-27-35(29-53)26-39(42(40)52)60-24-22-59(23-25-60)34(2)44(55)65)48(66)69-33-68-41(64)28-51(9,10)32-70-73(67,71-49(3,4)5)72-50(6,7)8/h12-21,26-27,31,34,43H,11,22-25,28,32-33H2,1-10H3,(H2,55,65)/t34-/m0/s1. The van der Waals surface area contributed by atoms with Gasteiger partial charge in [-0.05, 0) is 84.1 Å². The molecule has 2 amide bonds. The van der Waals surface area contributed by atoms with E-state index in [-0.39, 0.29) is 52.4 Å². The summed E-state index contributed by atoms with van der Waals surface area (Å²) in [6, 6.07) is 25.7. The first kappa shape index (κ1) is 55.7. The van der Waals surface area contributed by atoms with E-state index in [0.717, 1.165) is 16.0 Å². The van der Waals surface area contributed by atoms with Crippen molar-refractivity contribution in [2.45, 2.75) is 98.9 Å². The maximum absolute atomic E-state index is 14.9. The molecule has 0 radical (unpaired) electrons. The molecule has 1 aliphatic heterocycles. The van der Waals surface area contributed by atoms with Gasteiger partial charge in [-0.1, -0.05) is 86.1 Å². The normalized spacial score (nSPS) is 14.1. The maximum atomic E-state index is 14.9. The van der Waals surface area contributed by atoms with Crippen molar-refractivity contribution in [3.05, 3.63) is 106 Å². The van der Waals surface area contributed by atoms with E-state index in [9.17, 15) is 29.5 Å². The third-order valence-corrected chi connectivity index (χ3v) is 13.8. The van der Waals surface area contributed by atoms with Gasteiger partial charge in [0.05, 0.1) is 70.5 Å². The summed E-state index contributed by atoms with van der Waals surface area (Å²) in [5.41, 5.74) is 5.27. The molecule has 0 unspecified atom stereocenters. The Morgan fingerprint density at radius 1 is 0.877 bits per heavy atom. The summed E-state index contributed by atoms with van der Waals surface area (Å²) in [5.74, 6) is -1.38. The number of carbonyl (C=O) groups excluding carboxylic acids is 3. The van der Waals surface area contributed by atoms with Crippen LogP contribution in [0.1, 0.15) is 104 Å². The number of imidazole rings is 1. The van der Waals surface area contributed by atoms with Crippen molar-refractivity contribution < 1.29 is 42.0 Å². The van der Waals surface area contributed by atoms with Crippen LogP contribution >= 0.6 is 19.4 Å². The lowest BCUT2D eigenvalue weighted by Crippen LogP contribution is -2.53. The lowest BCUT2D eigenvalue weighted by Gasteiger charge is -2.38. The van der Waals surface area contributed by atoms with Gasteiger partial charge in [-0.2, -0.15) is 20.0 Å². The van der Waals surface area contributed by atoms with E-state index in [2.05, 4.69) is 17.1 Å². The van der Waals surface area contributed by atoms with Crippen LogP contribution in [0.25, 0.3) is 5.65 Å². The number of anilines is 4. The van der Waals surface area contributed by atoms with Gasteiger partial charge >= 0.3 is 19.9 Å². The quantitative estimate of drug-likeness (QED) is 0.0460. The Kier molecular flexibility index (Phi) is 17.6. The minimum atomic E-state index is -4.12. The summed E-state index contributed by atoms with van der Waals surface area (Å²) in [6.45, 7) is 18.1. The van der Waals surface area contributed by atoms with E-state index in [0.29, 0.717) is 38.4 Å². The highest BCUT2D eigenvalue weighted by Gasteiger charge is 2.40. The molecule has 2 aromatic heterocycles. The van der Waals surface area contributed by atoms with Gasteiger partial charge in [0.1, 0.15) is 6.07 Å². The summed E-state index contributed by atoms with van der Waals surface area (Å²) in [5, 5.41) is 25.5. The van der Waals surface area contributed by atoms with Crippen molar-refractivity contribution >= 4 is 66.2 Å². The van der Waals surface area contributed by atoms with Crippen molar-refractivity contribution in [1.82, 2.24) is 24.5 Å². The average Bonchev–Trinajstić information content (AvgIpc) is 3.75. The number of benzene rings is 3. The molecule has 5 aromatic rings. The van der Waals surface area contributed by atoms with Crippen molar-refractivity contribution in [2.75, 3.05) is 60.8 Å². The second kappa shape index (κ2) is 23.1. The molecule has 388 valence electrons. The second-order valence-corrected chi connectivity index (χ2v) is 22.0. The van der Waals surface area contributed by atoms with Crippen LogP contribution in [-0.4, -0.2) is 106 Å². The molecule has 1 fully saturated rings. The number of primary amides is 1. The number of hydrogen-bond acceptors (Lipinski definition) is 17. The van der Waals surface area contributed by atoms with Crippen molar-refractivity contribution in [1.29, 1.82) is 10.5 Å². The first-order chi connectivity index (χ1) is 34.4. The number of aromatic nitrogens is 4. The van der Waals surface area contributed by atoms with Gasteiger partial charge in [0.15, 0.2) is 17.2 Å². The molecule has 1 saturated heterocycles. The number of esters is 1. The molecule has 0 bridgehead atoms.